The zero-order valence-corrected chi connectivity index (χ0v) is 22.3. The first kappa shape index (κ1) is 25.0. The molecule has 2 aromatic carbocycles. The van der Waals surface area contributed by atoms with E-state index in [1.807, 2.05) is 30.3 Å². The van der Waals surface area contributed by atoms with E-state index in [1.54, 1.807) is 17.0 Å². The molecule has 1 atom stereocenters. The zero-order chi connectivity index (χ0) is 25.2. The third-order valence-corrected chi connectivity index (χ3v) is 7.32. The molecule has 2 aliphatic rings. The van der Waals surface area contributed by atoms with Crippen LogP contribution in [0.2, 0.25) is 0 Å². The lowest BCUT2D eigenvalue weighted by molar-refractivity contribution is 0.0314. The summed E-state index contributed by atoms with van der Waals surface area (Å²) in [4.78, 5) is 31.5. The van der Waals surface area contributed by atoms with Crippen LogP contribution in [0.1, 0.15) is 48.0 Å². The number of ether oxygens (including phenoxy) is 2. The van der Waals surface area contributed by atoms with Crippen molar-refractivity contribution in [3.63, 3.8) is 0 Å². The number of morpholine rings is 1. The van der Waals surface area contributed by atoms with Gasteiger partial charge in [-0.3, -0.25) is 14.5 Å². The van der Waals surface area contributed by atoms with Gasteiger partial charge in [-0.2, -0.15) is 0 Å². The second kappa shape index (κ2) is 10.7. The maximum absolute atomic E-state index is 13.8. The van der Waals surface area contributed by atoms with Crippen molar-refractivity contribution in [2.45, 2.75) is 26.3 Å². The fourth-order valence-corrected chi connectivity index (χ4v) is 5.19. The monoisotopic (exact) mass is 554 g/mol. The molecule has 8 heteroatoms. The summed E-state index contributed by atoms with van der Waals surface area (Å²) in [6, 6.07) is 12.5. The van der Waals surface area contributed by atoms with Crippen LogP contribution in [0.4, 0.5) is 0 Å². The Labute approximate surface area is 219 Å². The predicted octanol–water partition coefficient (Wildman–Crippen LogP) is 4.86. The van der Waals surface area contributed by atoms with Gasteiger partial charge in [-0.25, -0.2) is 0 Å². The van der Waals surface area contributed by atoms with E-state index in [0.717, 1.165) is 35.3 Å². The number of nitrogens with zero attached hydrogens (tertiary/aromatic N) is 2. The Balaban J connectivity index is 1.54. The third-order valence-electron chi connectivity index (χ3n) is 6.83. The lowest BCUT2D eigenvalue weighted by Crippen LogP contribution is -2.42. The lowest BCUT2D eigenvalue weighted by atomic mass is 9.98. The molecule has 0 aliphatic carbocycles. The summed E-state index contributed by atoms with van der Waals surface area (Å²) in [5.41, 5.74) is 1.47. The summed E-state index contributed by atoms with van der Waals surface area (Å²) in [6.07, 6.45) is 0.950. The molecule has 0 saturated carbocycles. The molecule has 0 radical (unpaired) electrons. The number of hydrogen-bond acceptors (Lipinski definition) is 6. The van der Waals surface area contributed by atoms with Crippen LogP contribution in [0.25, 0.3) is 11.0 Å². The van der Waals surface area contributed by atoms with Gasteiger partial charge in [-0.1, -0.05) is 41.9 Å². The zero-order valence-electron chi connectivity index (χ0n) is 20.7. The van der Waals surface area contributed by atoms with Crippen LogP contribution in [0.5, 0.6) is 5.75 Å². The molecule has 5 rings (SSSR count). The fraction of sp³-hybridized carbons (Fsp3) is 0.429. The lowest BCUT2D eigenvalue weighted by Gasteiger charge is -2.31. The molecule has 2 aliphatic heterocycles. The minimum atomic E-state index is -0.540. The van der Waals surface area contributed by atoms with Crippen molar-refractivity contribution in [2.24, 2.45) is 5.92 Å². The Kier molecular flexibility index (Phi) is 7.46. The molecule has 0 unspecified atom stereocenters. The first-order valence-corrected chi connectivity index (χ1v) is 13.3. The van der Waals surface area contributed by atoms with Gasteiger partial charge in [0.25, 0.3) is 5.91 Å². The second-order valence-corrected chi connectivity index (χ2v) is 10.7. The Hall–Kier alpha value is -2.68. The van der Waals surface area contributed by atoms with E-state index in [2.05, 4.69) is 34.7 Å². The second-order valence-electron chi connectivity index (χ2n) is 9.77. The maximum Gasteiger partial charge on any atom is 0.290 e. The number of fused-ring (bicyclic) bond motifs is 2. The van der Waals surface area contributed by atoms with Crippen LogP contribution in [-0.4, -0.2) is 61.7 Å². The predicted molar refractivity (Wildman–Crippen MR) is 142 cm³/mol. The van der Waals surface area contributed by atoms with Gasteiger partial charge < -0.3 is 18.8 Å². The molecule has 0 bridgehead atoms. The molecule has 1 amide bonds. The molecule has 0 N–H and O–H groups in total. The molecule has 190 valence electrons. The van der Waals surface area contributed by atoms with Crippen molar-refractivity contribution < 1.29 is 18.7 Å². The van der Waals surface area contributed by atoms with Crippen molar-refractivity contribution in [2.75, 3.05) is 46.0 Å². The van der Waals surface area contributed by atoms with Crippen molar-refractivity contribution in [1.82, 2.24) is 9.80 Å². The molecule has 1 fully saturated rings. The highest BCUT2D eigenvalue weighted by Gasteiger charge is 2.42. The van der Waals surface area contributed by atoms with E-state index in [-0.39, 0.29) is 17.1 Å². The van der Waals surface area contributed by atoms with E-state index in [4.69, 9.17) is 13.9 Å². The summed E-state index contributed by atoms with van der Waals surface area (Å²) in [5.74, 6) is 1.15. The van der Waals surface area contributed by atoms with E-state index in [1.165, 1.54) is 0 Å². The molecule has 1 aromatic heterocycles. The Morgan fingerprint density at radius 2 is 1.89 bits per heavy atom. The number of carbonyl (C=O) groups is 1. The van der Waals surface area contributed by atoms with Gasteiger partial charge >= 0.3 is 0 Å². The number of amides is 1. The van der Waals surface area contributed by atoms with E-state index >= 15 is 0 Å². The van der Waals surface area contributed by atoms with E-state index in [0.29, 0.717) is 55.4 Å². The Morgan fingerprint density at radius 1 is 1.08 bits per heavy atom. The average molecular weight is 555 g/mol. The number of hydrogen-bond donors (Lipinski definition) is 0. The minimum Gasteiger partial charge on any atom is -0.494 e. The van der Waals surface area contributed by atoms with Gasteiger partial charge in [0.15, 0.2) is 5.43 Å². The average Bonchev–Trinajstić information content (AvgIpc) is 3.15. The van der Waals surface area contributed by atoms with Gasteiger partial charge in [0.05, 0.1) is 36.8 Å². The van der Waals surface area contributed by atoms with Crippen LogP contribution in [0, 0.1) is 5.92 Å². The number of benzene rings is 2. The van der Waals surface area contributed by atoms with Gasteiger partial charge in [-0.05, 0) is 48.2 Å². The molecule has 3 aromatic rings. The molecule has 7 nitrogen and oxygen atoms in total. The van der Waals surface area contributed by atoms with E-state index < -0.39 is 6.04 Å². The summed E-state index contributed by atoms with van der Waals surface area (Å²) in [7, 11) is 0. The first-order valence-electron chi connectivity index (χ1n) is 12.5. The minimum absolute atomic E-state index is 0.132. The van der Waals surface area contributed by atoms with Crippen LogP contribution >= 0.6 is 15.9 Å². The van der Waals surface area contributed by atoms with Gasteiger partial charge in [0.1, 0.15) is 11.3 Å². The summed E-state index contributed by atoms with van der Waals surface area (Å²) in [5, 5.41) is 0.459. The Bertz CT molecular complexity index is 1320. The number of halogens is 1. The summed E-state index contributed by atoms with van der Waals surface area (Å²) >= 11 is 3.45. The number of carbonyl (C=O) groups excluding carboxylic acids is 1. The highest BCUT2D eigenvalue weighted by atomic mass is 79.9. The van der Waals surface area contributed by atoms with Crippen LogP contribution in [0.15, 0.2) is 56.1 Å². The maximum atomic E-state index is 13.8. The molecule has 0 spiro atoms. The first-order chi connectivity index (χ1) is 17.4. The van der Waals surface area contributed by atoms with Crippen molar-refractivity contribution in [3.05, 3.63) is 74.0 Å². The largest absolute Gasteiger partial charge is 0.494 e. The van der Waals surface area contributed by atoms with Crippen molar-refractivity contribution in [3.8, 4) is 5.75 Å². The third kappa shape index (κ3) is 5.08. The van der Waals surface area contributed by atoms with Crippen molar-refractivity contribution >= 4 is 32.8 Å². The molecule has 3 heterocycles. The Morgan fingerprint density at radius 3 is 2.67 bits per heavy atom. The van der Waals surface area contributed by atoms with Crippen molar-refractivity contribution in [1.29, 1.82) is 0 Å². The molecular formula is C28H31BrN2O5. The van der Waals surface area contributed by atoms with Gasteiger partial charge in [0.2, 0.25) is 5.76 Å². The molecular weight excluding hydrogens is 524 g/mol. The summed E-state index contributed by atoms with van der Waals surface area (Å²) < 4.78 is 18.3. The van der Waals surface area contributed by atoms with Gasteiger partial charge in [-0.15, -0.1) is 0 Å². The standard InChI is InChI=1S/C28H31BrN2O5/c1-18(2)8-13-35-21-5-3-4-19(16-21)25-24-26(32)22-17-20(29)6-7-23(22)36-27(24)28(33)31(25)10-9-30-11-14-34-15-12-30/h3-7,16-18,25H,8-15H2,1-2H3/t25-/m0/s1. The van der Waals surface area contributed by atoms with E-state index in [9.17, 15) is 9.59 Å². The molecule has 1 saturated heterocycles. The quantitative estimate of drug-likeness (QED) is 0.396. The SMILES string of the molecule is CC(C)CCOc1cccc([C@H]2c3c(oc4ccc(Br)cc4c3=O)C(=O)N2CCN2CCOCC2)c1. The normalized spacial score (nSPS) is 18.3. The molecule has 36 heavy (non-hydrogen) atoms. The fourth-order valence-electron chi connectivity index (χ4n) is 4.83. The van der Waals surface area contributed by atoms with Crippen LogP contribution in [0.3, 0.4) is 0 Å². The van der Waals surface area contributed by atoms with Crippen LogP contribution < -0.4 is 10.2 Å². The summed E-state index contributed by atoms with van der Waals surface area (Å²) in [6.45, 7) is 9.14. The van der Waals surface area contributed by atoms with Crippen LogP contribution in [-0.2, 0) is 4.74 Å². The smallest absolute Gasteiger partial charge is 0.290 e. The highest BCUT2D eigenvalue weighted by Crippen LogP contribution is 2.39. The number of rotatable bonds is 8. The van der Waals surface area contributed by atoms with Gasteiger partial charge in [0, 0.05) is 30.7 Å². The topological polar surface area (TPSA) is 72.2 Å². The highest BCUT2D eigenvalue weighted by molar-refractivity contribution is 9.10.